The first-order valence-electron chi connectivity index (χ1n) is 15.3. The molecule has 0 saturated carbocycles. The zero-order valence-electron chi connectivity index (χ0n) is 26.0. The maximum absolute atomic E-state index is 13.8. The first kappa shape index (κ1) is 34.3. The highest BCUT2D eigenvalue weighted by Crippen LogP contribution is 2.10. The lowest BCUT2D eigenvalue weighted by Crippen LogP contribution is -2.58. The summed E-state index contributed by atoms with van der Waals surface area (Å²) in [4.78, 5) is 56.5. The molecule has 5 N–H and O–H groups in total. The van der Waals surface area contributed by atoms with Crippen LogP contribution >= 0.6 is 0 Å². The first-order chi connectivity index (χ1) is 22.8. The van der Waals surface area contributed by atoms with Crippen molar-refractivity contribution in [1.29, 1.82) is 0 Å². The number of aromatic nitrogens is 1. The van der Waals surface area contributed by atoms with E-state index in [0.717, 1.165) is 16.7 Å². The van der Waals surface area contributed by atoms with Crippen LogP contribution in [0.3, 0.4) is 0 Å². The van der Waals surface area contributed by atoms with Gasteiger partial charge in [-0.15, -0.1) is 0 Å². The van der Waals surface area contributed by atoms with Crippen LogP contribution in [-0.4, -0.2) is 58.1 Å². The molecule has 0 bridgehead atoms. The normalized spacial score (nSPS) is 13.2. The van der Waals surface area contributed by atoms with Crippen LogP contribution in [0.25, 0.3) is 0 Å². The van der Waals surface area contributed by atoms with Crippen LogP contribution in [0, 0.1) is 0 Å². The number of nitrogens with one attached hydrogen (secondary N) is 4. The number of rotatable bonds is 15. The molecule has 0 radical (unpaired) electrons. The van der Waals surface area contributed by atoms with Crippen molar-refractivity contribution in [2.75, 3.05) is 0 Å². The van der Waals surface area contributed by atoms with Crippen LogP contribution in [0.2, 0.25) is 0 Å². The minimum atomic E-state index is -1.60. The highest BCUT2D eigenvalue weighted by Gasteiger charge is 2.32. The van der Waals surface area contributed by atoms with Gasteiger partial charge in [-0.1, -0.05) is 91.0 Å². The van der Waals surface area contributed by atoms with Crippen LogP contribution < -0.4 is 21.3 Å². The van der Waals surface area contributed by atoms with Gasteiger partial charge >= 0.3 is 6.09 Å². The number of benzene rings is 3. The van der Waals surface area contributed by atoms with Crippen LogP contribution in [0.5, 0.6) is 0 Å². The summed E-state index contributed by atoms with van der Waals surface area (Å²) in [6.07, 6.45) is 0.975. The van der Waals surface area contributed by atoms with Gasteiger partial charge < -0.3 is 31.1 Å². The van der Waals surface area contributed by atoms with Crippen LogP contribution in [-0.2, 0) is 45.1 Å². The van der Waals surface area contributed by atoms with Gasteiger partial charge in [0, 0.05) is 25.4 Å². The van der Waals surface area contributed by atoms with Gasteiger partial charge in [0.05, 0.1) is 6.04 Å². The Morgan fingerprint density at radius 1 is 0.660 bits per heavy atom. The Morgan fingerprint density at radius 2 is 1.21 bits per heavy atom. The van der Waals surface area contributed by atoms with E-state index < -0.39 is 48.0 Å². The molecule has 0 aliphatic carbocycles. The minimum Gasteiger partial charge on any atom is -0.445 e. The van der Waals surface area contributed by atoms with Gasteiger partial charge in [-0.05, 0) is 47.7 Å². The molecular weight excluding hydrogens is 598 g/mol. The van der Waals surface area contributed by atoms with E-state index in [4.69, 9.17) is 4.74 Å². The summed E-state index contributed by atoms with van der Waals surface area (Å²) < 4.78 is 5.22. The van der Waals surface area contributed by atoms with Gasteiger partial charge in [-0.3, -0.25) is 19.4 Å². The van der Waals surface area contributed by atoms with E-state index in [0.29, 0.717) is 5.56 Å². The van der Waals surface area contributed by atoms with Crippen molar-refractivity contribution in [2.24, 2.45) is 0 Å². The smallest absolute Gasteiger partial charge is 0.408 e. The summed E-state index contributed by atoms with van der Waals surface area (Å²) in [6, 6.07) is 27.7. The Bertz CT molecular complexity index is 1580. The maximum Gasteiger partial charge on any atom is 0.408 e. The quantitative estimate of drug-likeness (QED) is 0.134. The molecule has 4 amide bonds. The average Bonchev–Trinajstić information content (AvgIpc) is 3.10. The largest absolute Gasteiger partial charge is 0.445 e. The molecule has 0 fully saturated rings. The molecule has 4 aromatic rings. The molecule has 1 unspecified atom stereocenters. The molecular formula is C36H39N5O6. The van der Waals surface area contributed by atoms with Gasteiger partial charge in [0.1, 0.15) is 18.7 Å². The van der Waals surface area contributed by atoms with Gasteiger partial charge in [0.25, 0.3) is 5.91 Å². The van der Waals surface area contributed by atoms with Gasteiger partial charge in [-0.25, -0.2) is 4.79 Å². The van der Waals surface area contributed by atoms with E-state index in [1.54, 1.807) is 36.7 Å². The van der Waals surface area contributed by atoms with Crippen LogP contribution in [0.1, 0.15) is 29.2 Å². The molecule has 0 aliphatic heterocycles. The number of alkyl carbamates (subject to hydrolysis) is 1. The number of aliphatic hydroxyl groups excluding tert-OH is 1. The van der Waals surface area contributed by atoms with Gasteiger partial charge in [0.15, 0.2) is 6.10 Å². The van der Waals surface area contributed by atoms with Crippen molar-refractivity contribution in [2.45, 2.75) is 57.1 Å². The lowest BCUT2D eigenvalue weighted by atomic mass is 9.99. The molecule has 11 nitrogen and oxygen atoms in total. The van der Waals surface area contributed by atoms with Crippen molar-refractivity contribution in [3.8, 4) is 0 Å². The third-order valence-electron chi connectivity index (χ3n) is 7.35. The third-order valence-corrected chi connectivity index (χ3v) is 7.35. The van der Waals surface area contributed by atoms with Gasteiger partial charge in [-0.2, -0.15) is 0 Å². The van der Waals surface area contributed by atoms with E-state index in [1.165, 1.54) is 6.92 Å². The molecule has 0 aliphatic rings. The standard InChI is InChI=1S/C36H39N5O6/c1-25(39-36(46)47-24-29-15-9-4-10-16-29)33(43)41-31(22-27-17-19-37-20-18-27)34(44)40-30(21-26-11-5-2-6-12-26)32(42)35(45)38-23-28-13-7-3-8-14-28/h2-20,25,30-32,42H,21-24H2,1H3,(H,38,45)(H,39,46)(H,40,44)(H,41,43)/t25-,30?,31-,32-/m0/s1. The predicted octanol–water partition coefficient (Wildman–Crippen LogP) is 2.83. The van der Waals surface area contributed by atoms with Crippen molar-refractivity contribution in [3.63, 3.8) is 0 Å². The first-order valence-corrected chi connectivity index (χ1v) is 15.3. The van der Waals surface area contributed by atoms with Crippen molar-refractivity contribution < 1.29 is 29.0 Å². The van der Waals surface area contributed by atoms with E-state index in [-0.39, 0.29) is 26.0 Å². The summed E-state index contributed by atoms with van der Waals surface area (Å²) in [6.45, 7) is 1.69. The number of amides is 4. The number of nitrogens with zero attached hydrogens (tertiary/aromatic N) is 1. The highest BCUT2D eigenvalue weighted by molar-refractivity contribution is 5.92. The van der Waals surface area contributed by atoms with Crippen LogP contribution in [0.4, 0.5) is 4.79 Å². The maximum atomic E-state index is 13.8. The fourth-order valence-electron chi connectivity index (χ4n) is 4.73. The van der Waals surface area contributed by atoms with E-state index in [1.807, 2.05) is 78.9 Å². The fourth-order valence-corrected chi connectivity index (χ4v) is 4.73. The lowest BCUT2D eigenvalue weighted by molar-refractivity contribution is -0.134. The number of aliphatic hydroxyl groups is 1. The number of ether oxygens (including phenoxy) is 1. The second kappa shape index (κ2) is 17.8. The van der Waals surface area contributed by atoms with E-state index >= 15 is 0 Å². The summed E-state index contributed by atoms with van der Waals surface area (Å²) >= 11 is 0. The Morgan fingerprint density at radius 3 is 1.83 bits per heavy atom. The van der Waals surface area contributed by atoms with E-state index in [9.17, 15) is 24.3 Å². The summed E-state index contributed by atoms with van der Waals surface area (Å²) in [7, 11) is 0. The summed E-state index contributed by atoms with van der Waals surface area (Å²) in [5.74, 6) is -1.90. The minimum absolute atomic E-state index is 0.0259. The molecule has 0 saturated heterocycles. The number of hydrogen-bond acceptors (Lipinski definition) is 7. The summed E-state index contributed by atoms with van der Waals surface area (Å²) in [5, 5.41) is 21.9. The van der Waals surface area contributed by atoms with Gasteiger partial charge in [0.2, 0.25) is 11.8 Å². The molecule has 1 aromatic heterocycles. The average molecular weight is 638 g/mol. The fraction of sp³-hybridized carbons (Fsp3) is 0.250. The number of pyridine rings is 1. The molecule has 244 valence electrons. The number of carbonyl (C=O) groups is 4. The topological polar surface area (TPSA) is 159 Å². The second-order valence-electron chi connectivity index (χ2n) is 11.0. The van der Waals surface area contributed by atoms with Crippen molar-refractivity contribution in [3.05, 3.63) is 138 Å². The lowest BCUT2D eigenvalue weighted by Gasteiger charge is -2.27. The second-order valence-corrected chi connectivity index (χ2v) is 11.0. The predicted molar refractivity (Wildman–Crippen MR) is 175 cm³/mol. The molecule has 47 heavy (non-hydrogen) atoms. The number of hydrogen-bond donors (Lipinski definition) is 5. The number of carbonyl (C=O) groups excluding carboxylic acids is 4. The van der Waals surface area contributed by atoms with E-state index in [2.05, 4.69) is 26.3 Å². The van der Waals surface area contributed by atoms with Crippen molar-refractivity contribution >= 4 is 23.8 Å². The SMILES string of the molecule is C[C@H](NC(=O)OCc1ccccc1)C(=O)N[C@@H](Cc1ccncc1)C(=O)NC(Cc1ccccc1)[C@H](O)C(=O)NCc1ccccc1. The molecule has 0 spiro atoms. The highest BCUT2D eigenvalue weighted by atomic mass is 16.5. The molecule has 11 heteroatoms. The Balaban J connectivity index is 1.45. The van der Waals surface area contributed by atoms with Crippen LogP contribution in [0.15, 0.2) is 116 Å². The molecule has 1 heterocycles. The molecule has 4 rings (SSSR count). The Kier molecular flexibility index (Phi) is 13.0. The van der Waals surface area contributed by atoms with Crippen molar-refractivity contribution in [1.82, 2.24) is 26.3 Å². The third kappa shape index (κ3) is 11.4. The molecule has 4 atom stereocenters. The zero-order chi connectivity index (χ0) is 33.4. The Labute approximate surface area is 273 Å². The monoisotopic (exact) mass is 637 g/mol. The summed E-state index contributed by atoms with van der Waals surface area (Å²) in [5.41, 5.74) is 3.14. The Hall–Kier alpha value is -5.55. The zero-order valence-corrected chi connectivity index (χ0v) is 26.0. The molecule has 3 aromatic carbocycles.